The molecule has 2 rings (SSSR count). The molecule has 0 saturated carbocycles. The van der Waals surface area contributed by atoms with Crippen molar-refractivity contribution >= 4 is 23.4 Å². The SMILES string of the molecule is CC(SCc1ccccc1)C(=O)Nc1cccnc1. The first-order valence-electron chi connectivity index (χ1n) is 6.12. The van der Waals surface area contributed by atoms with Gasteiger partial charge in [-0.15, -0.1) is 11.8 Å². The fourth-order valence-electron chi connectivity index (χ4n) is 1.55. The number of hydrogen-bond acceptors (Lipinski definition) is 3. The number of rotatable bonds is 5. The maximum atomic E-state index is 12.0. The van der Waals surface area contributed by atoms with E-state index in [1.54, 1.807) is 30.2 Å². The van der Waals surface area contributed by atoms with E-state index in [4.69, 9.17) is 0 Å². The number of pyridine rings is 1. The lowest BCUT2D eigenvalue weighted by atomic mass is 10.2. The Kier molecular flexibility index (Phi) is 4.98. The summed E-state index contributed by atoms with van der Waals surface area (Å²) in [4.78, 5) is 15.9. The van der Waals surface area contributed by atoms with Crippen molar-refractivity contribution in [3.63, 3.8) is 0 Å². The second-order valence-corrected chi connectivity index (χ2v) is 5.50. The molecule has 1 amide bonds. The normalized spacial score (nSPS) is 11.8. The summed E-state index contributed by atoms with van der Waals surface area (Å²) < 4.78 is 0. The molecular formula is C15H16N2OS. The standard InChI is InChI=1S/C15H16N2OS/c1-12(19-11-13-6-3-2-4-7-13)15(18)17-14-8-5-9-16-10-14/h2-10,12H,11H2,1H3,(H,17,18). The zero-order chi connectivity index (χ0) is 13.5. The molecule has 2 aromatic rings. The monoisotopic (exact) mass is 272 g/mol. The van der Waals surface area contributed by atoms with Crippen LogP contribution in [0.1, 0.15) is 12.5 Å². The topological polar surface area (TPSA) is 42.0 Å². The van der Waals surface area contributed by atoms with Crippen molar-refractivity contribution in [1.29, 1.82) is 0 Å². The Bertz CT molecular complexity index is 516. The van der Waals surface area contributed by atoms with Gasteiger partial charge in [-0.3, -0.25) is 9.78 Å². The number of carbonyl (C=O) groups is 1. The van der Waals surface area contributed by atoms with Crippen molar-refractivity contribution < 1.29 is 4.79 Å². The zero-order valence-corrected chi connectivity index (χ0v) is 11.6. The molecule has 0 aliphatic rings. The molecule has 1 aromatic carbocycles. The Hall–Kier alpha value is -1.81. The van der Waals surface area contributed by atoms with Gasteiger partial charge in [-0.1, -0.05) is 30.3 Å². The highest BCUT2D eigenvalue weighted by Gasteiger charge is 2.13. The molecule has 1 N–H and O–H groups in total. The van der Waals surface area contributed by atoms with Gasteiger partial charge in [-0.2, -0.15) is 0 Å². The van der Waals surface area contributed by atoms with E-state index in [2.05, 4.69) is 22.4 Å². The van der Waals surface area contributed by atoms with Crippen molar-refractivity contribution in [3.05, 3.63) is 60.4 Å². The first-order chi connectivity index (χ1) is 9.25. The second-order valence-electron chi connectivity index (χ2n) is 4.17. The fourth-order valence-corrected chi connectivity index (χ4v) is 2.40. The van der Waals surface area contributed by atoms with Crippen LogP contribution in [0.2, 0.25) is 0 Å². The molecular weight excluding hydrogens is 256 g/mol. The van der Waals surface area contributed by atoms with Crippen LogP contribution in [-0.2, 0) is 10.5 Å². The zero-order valence-electron chi connectivity index (χ0n) is 10.7. The Morgan fingerprint density at radius 1 is 1.26 bits per heavy atom. The van der Waals surface area contributed by atoms with Crippen molar-refractivity contribution in [2.45, 2.75) is 17.9 Å². The number of benzene rings is 1. The van der Waals surface area contributed by atoms with Crippen LogP contribution in [0.25, 0.3) is 0 Å². The molecule has 0 spiro atoms. The number of aromatic nitrogens is 1. The van der Waals surface area contributed by atoms with E-state index in [-0.39, 0.29) is 11.2 Å². The van der Waals surface area contributed by atoms with E-state index in [1.807, 2.05) is 31.2 Å². The van der Waals surface area contributed by atoms with Gasteiger partial charge in [0.15, 0.2) is 0 Å². The molecule has 98 valence electrons. The minimum atomic E-state index is -0.0968. The van der Waals surface area contributed by atoms with Gasteiger partial charge in [0, 0.05) is 11.9 Å². The quantitative estimate of drug-likeness (QED) is 0.907. The van der Waals surface area contributed by atoms with Crippen molar-refractivity contribution in [2.24, 2.45) is 0 Å². The van der Waals surface area contributed by atoms with Gasteiger partial charge in [0.05, 0.1) is 17.1 Å². The average Bonchev–Trinajstić information content (AvgIpc) is 2.47. The van der Waals surface area contributed by atoms with E-state index in [0.717, 1.165) is 11.4 Å². The van der Waals surface area contributed by atoms with Crippen LogP contribution in [-0.4, -0.2) is 16.1 Å². The van der Waals surface area contributed by atoms with E-state index < -0.39 is 0 Å². The summed E-state index contributed by atoms with van der Waals surface area (Å²) in [5, 5.41) is 2.76. The number of nitrogens with one attached hydrogen (secondary N) is 1. The lowest BCUT2D eigenvalue weighted by Crippen LogP contribution is -2.22. The van der Waals surface area contributed by atoms with Gasteiger partial charge in [0.25, 0.3) is 0 Å². The highest BCUT2D eigenvalue weighted by atomic mass is 32.2. The minimum absolute atomic E-state index is 0.00827. The van der Waals surface area contributed by atoms with E-state index in [9.17, 15) is 4.79 Å². The molecule has 0 saturated heterocycles. The predicted molar refractivity (Wildman–Crippen MR) is 80.1 cm³/mol. The number of hydrogen-bond donors (Lipinski definition) is 1. The molecule has 1 atom stereocenters. The van der Waals surface area contributed by atoms with E-state index >= 15 is 0 Å². The van der Waals surface area contributed by atoms with Gasteiger partial charge in [0.1, 0.15) is 0 Å². The molecule has 1 heterocycles. The van der Waals surface area contributed by atoms with Gasteiger partial charge in [-0.25, -0.2) is 0 Å². The lowest BCUT2D eigenvalue weighted by Gasteiger charge is -2.11. The van der Waals surface area contributed by atoms with Crippen LogP contribution in [0.5, 0.6) is 0 Å². The number of anilines is 1. The molecule has 0 fully saturated rings. The number of amides is 1. The van der Waals surface area contributed by atoms with Gasteiger partial charge in [-0.05, 0) is 24.6 Å². The Balaban J connectivity index is 1.83. The first kappa shape index (κ1) is 13.6. The summed E-state index contributed by atoms with van der Waals surface area (Å²) >= 11 is 1.62. The number of thioether (sulfide) groups is 1. The van der Waals surface area contributed by atoms with Crippen LogP contribution in [0.4, 0.5) is 5.69 Å². The van der Waals surface area contributed by atoms with E-state index in [1.165, 1.54) is 5.56 Å². The highest BCUT2D eigenvalue weighted by Crippen LogP contribution is 2.18. The van der Waals surface area contributed by atoms with E-state index in [0.29, 0.717) is 0 Å². The van der Waals surface area contributed by atoms with Gasteiger partial charge in [0.2, 0.25) is 5.91 Å². The van der Waals surface area contributed by atoms with Crippen LogP contribution >= 0.6 is 11.8 Å². The Morgan fingerprint density at radius 3 is 2.74 bits per heavy atom. The summed E-state index contributed by atoms with van der Waals surface area (Å²) in [5.41, 5.74) is 1.97. The summed E-state index contributed by atoms with van der Waals surface area (Å²) in [6.45, 7) is 1.92. The molecule has 4 heteroatoms. The van der Waals surface area contributed by atoms with Crippen molar-refractivity contribution in [3.8, 4) is 0 Å². The van der Waals surface area contributed by atoms with Crippen LogP contribution in [0.15, 0.2) is 54.9 Å². The summed E-state index contributed by atoms with van der Waals surface area (Å²) in [7, 11) is 0. The predicted octanol–water partition coefficient (Wildman–Crippen LogP) is 3.34. The van der Waals surface area contributed by atoms with Gasteiger partial charge < -0.3 is 5.32 Å². The Labute approximate surface area is 117 Å². The smallest absolute Gasteiger partial charge is 0.237 e. The maximum absolute atomic E-state index is 12.0. The van der Waals surface area contributed by atoms with Crippen molar-refractivity contribution in [2.75, 3.05) is 5.32 Å². The number of nitrogens with zero attached hydrogens (tertiary/aromatic N) is 1. The number of carbonyl (C=O) groups excluding carboxylic acids is 1. The van der Waals surface area contributed by atoms with Crippen LogP contribution in [0.3, 0.4) is 0 Å². The van der Waals surface area contributed by atoms with Crippen LogP contribution < -0.4 is 5.32 Å². The van der Waals surface area contributed by atoms with Crippen LogP contribution in [0, 0.1) is 0 Å². The highest BCUT2D eigenvalue weighted by molar-refractivity contribution is 7.99. The minimum Gasteiger partial charge on any atom is -0.324 e. The average molecular weight is 272 g/mol. The molecule has 1 unspecified atom stereocenters. The molecule has 0 aliphatic heterocycles. The molecule has 0 radical (unpaired) electrons. The molecule has 1 aromatic heterocycles. The third-order valence-corrected chi connectivity index (χ3v) is 3.86. The Morgan fingerprint density at radius 2 is 2.05 bits per heavy atom. The summed E-state index contributed by atoms with van der Waals surface area (Å²) in [5.74, 6) is 0.844. The molecule has 0 bridgehead atoms. The fraction of sp³-hybridized carbons (Fsp3) is 0.200. The molecule has 19 heavy (non-hydrogen) atoms. The third kappa shape index (κ3) is 4.41. The lowest BCUT2D eigenvalue weighted by molar-refractivity contribution is -0.115. The third-order valence-electron chi connectivity index (χ3n) is 2.64. The largest absolute Gasteiger partial charge is 0.324 e. The summed E-state index contributed by atoms with van der Waals surface area (Å²) in [6.07, 6.45) is 3.33. The van der Waals surface area contributed by atoms with Crippen molar-refractivity contribution in [1.82, 2.24) is 4.98 Å². The summed E-state index contributed by atoms with van der Waals surface area (Å²) in [6, 6.07) is 13.8. The molecule has 3 nitrogen and oxygen atoms in total. The second kappa shape index (κ2) is 6.95. The maximum Gasteiger partial charge on any atom is 0.237 e. The molecule has 0 aliphatic carbocycles. The first-order valence-corrected chi connectivity index (χ1v) is 7.17. The van der Waals surface area contributed by atoms with Gasteiger partial charge >= 0.3 is 0 Å².